The van der Waals surface area contributed by atoms with Crippen LogP contribution in [0.3, 0.4) is 0 Å². The number of amides is 2. The molecule has 8 heteroatoms. The van der Waals surface area contributed by atoms with Gasteiger partial charge in [0.05, 0.1) is 19.9 Å². The van der Waals surface area contributed by atoms with Crippen LogP contribution in [0, 0.1) is 0 Å². The third kappa shape index (κ3) is 4.73. The predicted octanol–water partition coefficient (Wildman–Crippen LogP) is 2.95. The van der Waals surface area contributed by atoms with Gasteiger partial charge in [-0.1, -0.05) is 0 Å². The molecule has 26 heavy (non-hydrogen) atoms. The van der Waals surface area contributed by atoms with E-state index in [2.05, 4.69) is 20.8 Å². The van der Waals surface area contributed by atoms with E-state index >= 15 is 0 Å². The quantitative estimate of drug-likeness (QED) is 0.633. The first-order valence-electron chi connectivity index (χ1n) is 7.94. The molecule has 2 amide bonds. The first-order chi connectivity index (χ1) is 12.7. The van der Waals surface area contributed by atoms with E-state index < -0.39 is 0 Å². The molecule has 0 fully saturated rings. The normalized spacial score (nSPS) is 10.2. The minimum Gasteiger partial charge on any atom is -0.497 e. The Morgan fingerprint density at radius 2 is 1.96 bits per heavy atom. The summed E-state index contributed by atoms with van der Waals surface area (Å²) in [4.78, 5) is 11.8. The van der Waals surface area contributed by atoms with E-state index in [9.17, 15) is 4.79 Å². The molecule has 134 valence electrons. The number of carbonyl (C=O) groups excluding carboxylic acids is 1. The Balaban J connectivity index is 1.38. The molecular formula is C18H18N4O4. The average molecular weight is 354 g/mol. The van der Waals surface area contributed by atoms with Crippen LogP contribution in [0.2, 0.25) is 0 Å². The van der Waals surface area contributed by atoms with Crippen LogP contribution in [0.15, 0.2) is 59.2 Å². The molecule has 0 aliphatic carbocycles. The zero-order valence-electron chi connectivity index (χ0n) is 14.1. The molecule has 1 aromatic carbocycles. The van der Waals surface area contributed by atoms with Gasteiger partial charge in [-0.25, -0.2) is 4.79 Å². The summed E-state index contributed by atoms with van der Waals surface area (Å²) >= 11 is 0. The molecule has 0 aliphatic rings. The lowest BCUT2D eigenvalue weighted by molar-refractivity contribution is 0.246. The monoisotopic (exact) mass is 354 g/mol. The number of nitrogens with zero attached hydrogens (tertiary/aromatic N) is 2. The van der Waals surface area contributed by atoms with Crippen LogP contribution in [-0.2, 0) is 0 Å². The molecule has 2 aromatic heterocycles. The molecule has 0 atom stereocenters. The minimum absolute atomic E-state index is 0.269. The van der Waals surface area contributed by atoms with E-state index in [0.717, 1.165) is 5.75 Å². The molecule has 8 nitrogen and oxygen atoms in total. The largest absolute Gasteiger partial charge is 0.497 e. The van der Waals surface area contributed by atoms with Crippen LogP contribution in [0.5, 0.6) is 11.6 Å². The number of aromatic nitrogens is 2. The van der Waals surface area contributed by atoms with Crippen molar-refractivity contribution < 1.29 is 18.7 Å². The predicted molar refractivity (Wildman–Crippen MR) is 95.2 cm³/mol. The lowest BCUT2D eigenvalue weighted by Gasteiger charge is -2.09. The second kappa shape index (κ2) is 8.52. The van der Waals surface area contributed by atoms with Crippen LogP contribution in [0.1, 0.15) is 0 Å². The first-order valence-corrected chi connectivity index (χ1v) is 7.94. The van der Waals surface area contributed by atoms with E-state index in [1.54, 1.807) is 61.9 Å². The summed E-state index contributed by atoms with van der Waals surface area (Å²) in [5.74, 6) is 1.74. The molecule has 0 saturated heterocycles. The smallest absolute Gasteiger partial charge is 0.319 e. The van der Waals surface area contributed by atoms with Gasteiger partial charge in [0.15, 0.2) is 5.76 Å². The Kier molecular flexibility index (Phi) is 5.66. The molecule has 3 rings (SSSR count). The van der Waals surface area contributed by atoms with Gasteiger partial charge < -0.3 is 24.5 Å². The Labute approximate surface area is 150 Å². The zero-order valence-corrected chi connectivity index (χ0v) is 14.1. The fourth-order valence-electron chi connectivity index (χ4n) is 2.12. The lowest BCUT2D eigenvalue weighted by Crippen LogP contribution is -2.32. The maximum Gasteiger partial charge on any atom is 0.319 e. The zero-order chi connectivity index (χ0) is 18.2. The molecule has 0 unspecified atom stereocenters. The maximum absolute atomic E-state index is 11.8. The van der Waals surface area contributed by atoms with E-state index in [1.807, 2.05) is 0 Å². The highest BCUT2D eigenvalue weighted by molar-refractivity contribution is 5.89. The molecule has 0 spiro atoms. The Morgan fingerprint density at radius 3 is 2.62 bits per heavy atom. The highest BCUT2D eigenvalue weighted by atomic mass is 16.5. The average Bonchev–Trinajstić information content (AvgIpc) is 3.21. The van der Waals surface area contributed by atoms with Gasteiger partial charge in [-0.2, -0.15) is 0 Å². The van der Waals surface area contributed by atoms with Gasteiger partial charge in [-0.05, 0) is 42.5 Å². The van der Waals surface area contributed by atoms with E-state index in [4.69, 9.17) is 13.9 Å². The standard InChI is InChI=1S/C18H18N4O4/c1-24-14-6-4-13(5-7-14)20-18(23)19-10-12-26-17-9-8-15(21-22-17)16-3-2-11-25-16/h2-9,11H,10,12H2,1H3,(H2,19,20,23). The summed E-state index contributed by atoms with van der Waals surface area (Å²) in [6.07, 6.45) is 1.57. The molecule has 3 aromatic rings. The summed E-state index contributed by atoms with van der Waals surface area (Å²) in [6, 6.07) is 13.8. The van der Waals surface area contributed by atoms with Crippen LogP contribution >= 0.6 is 0 Å². The van der Waals surface area contributed by atoms with Crippen molar-refractivity contribution >= 4 is 11.7 Å². The van der Waals surface area contributed by atoms with Crippen molar-refractivity contribution in [2.75, 3.05) is 25.6 Å². The van der Waals surface area contributed by atoms with Crippen LogP contribution < -0.4 is 20.1 Å². The lowest BCUT2D eigenvalue weighted by atomic mass is 10.3. The van der Waals surface area contributed by atoms with Crippen molar-refractivity contribution in [3.63, 3.8) is 0 Å². The van der Waals surface area contributed by atoms with Gasteiger partial charge in [0.2, 0.25) is 5.88 Å². The van der Waals surface area contributed by atoms with Gasteiger partial charge in [0.25, 0.3) is 0 Å². The summed E-state index contributed by atoms with van der Waals surface area (Å²) in [7, 11) is 1.59. The van der Waals surface area contributed by atoms with Crippen molar-refractivity contribution in [2.24, 2.45) is 0 Å². The molecule has 0 radical (unpaired) electrons. The number of urea groups is 1. The topological polar surface area (TPSA) is 98.5 Å². The van der Waals surface area contributed by atoms with Gasteiger partial charge in [-0.3, -0.25) is 0 Å². The summed E-state index contributed by atoms with van der Waals surface area (Å²) in [5, 5.41) is 13.4. The van der Waals surface area contributed by atoms with E-state index in [-0.39, 0.29) is 12.6 Å². The summed E-state index contributed by atoms with van der Waals surface area (Å²) in [6.45, 7) is 0.592. The van der Waals surface area contributed by atoms with E-state index in [0.29, 0.717) is 29.6 Å². The van der Waals surface area contributed by atoms with Crippen molar-refractivity contribution in [1.82, 2.24) is 15.5 Å². The van der Waals surface area contributed by atoms with Crippen molar-refractivity contribution in [2.45, 2.75) is 0 Å². The second-order valence-corrected chi connectivity index (χ2v) is 5.19. The highest BCUT2D eigenvalue weighted by Gasteiger charge is 2.05. The molecule has 0 aliphatic heterocycles. The number of anilines is 1. The number of hydrogen-bond acceptors (Lipinski definition) is 6. The fourth-order valence-corrected chi connectivity index (χ4v) is 2.12. The number of methoxy groups -OCH3 is 1. The summed E-state index contributed by atoms with van der Waals surface area (Å²) in [5.41, 5.74) is 1.29. The number of hydrogen-bond donors (Lipinski definition) is 2. The van der Waals surface area contributed by atoms with Crippen molar-refractivity contribution in [1.29, 1.82) is 0 Å². The number of ether oxygens (including phenoxy) is 2. The van der Waals surface area contributed by atoms with Gasteiger partial charge >= 0.3 is 6.03 Å². The third-order valence-electron chi connectivity index (χ3n) is 3.40. The number of rotatable bonds is 7. The Morgan fingerprint density at radius 1 is 1.12 bits per heavy atom. The first kappa shape index (κ1) is 17.3. The van der Waals surface area contributed by atoms with Gasteiger partial charge in [0.1, 0.15) is 18.1 Å². The van der Waals surface area contributed by atoms with Crippen molar-refractivity contribution in [3.8, 4) is 23.1 Å². The fraction of sp³-hybridized carbons (Fsp3) is 0.167. The highest BCUT2D eigenvalue weighted by Crippen LogP contribution is 2.17. The Bertz CT molecular complexity index is 817. The van der Waals surface area contributed by atoms with Crippen molar-refractivity contribution in [3.05, 3.63) is 54.8 Å². The SMILES string of the molecule is COc1ccc(NC(=O)NCCOc2ccc(-c3ccco3)nn2)cc1. The maximum atomic E-state index is 11.8. The molecule has 0 bridgehead atoms. The second-order valence-electron chi connectivity index (χ2n) is 5.19. The molecule has 2 heterocycles. The number of carbonyl (C=O) groups is 1. The van der Waals surface area contributed by atoms with Gasteiger partial charge in [-0.15, -0.1) is 10.2 Å². The third-order valence-corrected chi connectivity index (χ3v) is 3.40. The Hall–Kier alpha value is -3.55. The van der Waals surface area contributed by atoms with Crippen LogP contribution in [-0.4, -0.2) is 36.5 Å². The molecule has 2 N–H and O–H groups in total. The minimum atomic E-state index is -0.321. The number of nitrogens with one attached hydrogen (secondary N) is 2. The number of furan rings is 1. The van der Waals surface area contributed by atoms with Crippen LogP contribution in [0.25, 0.3) is 11.5 Å². The van der Waals surface area contributed by atoms with Crippen LogP contribution in [0.4, 0.5) is 10.5 Å². The van der Waals surface area contributed by atoms with Gasteiger partial charge in [0, 0.05) is 11.8 Å². The van der Waals surface area contributed by atoms with E-state index in [1.165, 1.54) is 0 Å². The number of benzene rings is 1. The summed E-state index contributed by atoms with van der Waals surface area (Å²) < 4.78 is 15.8. The molecule has 0 saturated carbocycles. The molecular weight excluding hydrogens is 336 g/mol.